The van der Waals surface area contributed by atoms with Crippen LogP contribution in [-0.4, -0.2) is 28.2 Å². The highest BCUT2D eigenvalue weighted by Crippen LogP contribution is 2.38. The first-order valence-corrected chi connectivity index (χ1v) is 13.9. The van der Waals surface area contributed by atoms with Crippen LogP contribution in [0.2, 0.25) is 0 Å². The van der Waals surface area contributed by atoms with Gasteiger partial charge in [0.2, 0.25) is 11.8 Å². The van der Waals surface area contributed by atoms with Gasteiger partial charge in [0.05, 0.1) is 6.04 Å². The lowest BCUT2D eigenvalue weighted by Gasteiger charge is -2.38. The molecule has 0 fully saturated rings. The molecule has 1 aliphatic rings. The second-order valence-corrected chi connectivity index (χ2v) is 10.8. The van der Waals surface area contributed by atoms with Gasteiger partial charge < -0.3 is 19.4 Å². The number of hydrogen-bond acceptors (Lipinski definition) is 5. The Hall–Kier alpha value is -4.46. The first-order chi connectivity index (χ1) is 19.8. The van der Waals surface area contributed by atoms with Crippen LogP contribution in [0.25, 0.3) is 0 Å². The van der Waals surface area contributed by atoms with Crippen LogP contribution in [0.5, 0.6) is 5.75 Å². The van der Waals surface area contributed by atoms with Gasteiger partial charge in [0, 0.05) is 19.5 Å². The maximum absolute atomic E-state index is 13.4. The number of nitrogens with one attached hydrogen (secondary N) is 1. The van der Waals surface area contributed by atoms with E-state index in [-0.39, 0.29) is 48.4 Å². The number of halogens is 1. The average molecular weight is 556 g/mol. The molecule has 8 heteroatoms. The molecule has 2 heterocycles. The smallest absolute Gasteiger partial charge is 0.273 e. The van der Waals surface area contributed by atoms with Crippen LogP contribution in [0.1, 0.15) is 70.5 Å². The number of benzene rings is 3. The predicted molar refractivity (Wildman–Crippen MR) is 153 cm³/mol. The van der Waals surface area contributed by atoms with Crippen molar-refractivity contribution >= 4 is 11.8 Å². The van der Waals surface area contributed by atoms with Gasteiger partial charge in [0.15, 0.2) is 12.3 Å². The molecule has 0 unspecified atom stereocenters. The SMILES string of the molecule is Cc1ccc([C@H]2c3cc(OCc4nc(C(=O)NCc5cccc(F)c5)co4)ccc3CCN2C(=O)CC(C)C)cc1. The third-order valence-electron chi connectivity index (χ3n) is 7.13. The van der Waals surface area contributed by atoms with Crippen molar-refractivity contribution in [2.75, 3.05) is 6.54 Å². The molecule has 0 saturated carbocycles. The summed E-state index contributed by atoms with van der Waals surface area (Å²) in [5.74, 6) is 0.499. The number of aromatic nitrogens is 1. The zero-order chi connectivity index (χ0) is 28.9. The summed E-state index contributed by atoms with van der Waals surface area (Å²) in [7, 11) is 0. The fraction of sp³-hybridized carbons (Fsp3) is 0.303. The molecule has 2 amide bonds. The fourth-order valence-electron chi connectivity index (χ4n) is 5.07. The maximum Gasteiger partial charge on any atom is 0.273 e. The highest BCUT2D eigenvalue weighted by Gasteiger charge is 2.32. The largest absolute Gasteiger partial charge is 0.484 e. The Bertz CT molecular complexity index is 1530. The van der Waals surface area contributed by atoms with Gasteiger partial charge in [0.1, 0.15) is 17.8 Å². The molecular formula is C33H34FN3O4. The van der Waals surface area contributed by atoms with E-state index in [0.29, 0.717) is 24.3 Å². The molecule has 0 spiro atoms. The van der Waals surface area contributed by atoms with Crippen molar-refractivity contribution in [3.63, 3.8) is 0 Å². The Morgan fingerprint density at radius 3 is 2.68 bits per heavy atom. The molecule has 1 N–H and O–H groups in total. The Morgan fingerprint density at radius 2 is 1.93 bits per heavy atom. The lowest BCUT2D eigenvalue weighted by atomic mass is 9.87. The van der Waals surface area contributed by atoms with Crippen LogP contribution < -0.4 is 10.1 Å². The summed E-state index contributed by atoms with van der Waals surface area (Å²) < 4.78 is 24.9. The maximum atomic E-state index is 13.4. The molecule has 212 valence electrons. The van der Waals surface area contributed by atoms with E-state index in [4.69, 9.17) is 9.15 Å². The summed E-state index contributed by atoms with van der Waals surface area (Å²) in [5, 5.41) is 2.71. The number of hydrogen-bond donors (Lipinski definition) is 1. The first kappa shape index (κ1) is 28.1. The predicted octanol–water partition coefficient (Wildman–Crippen LogP) is 6.15. The molecule has 0 saturated heterocycles. The van der Waals surface area contributed by atoms with E-state index >= 15 is 0 Å². The zero-order valence-corrected chi connectivity index (χ0v) is 23.5. The molecule has 0 bridgehead atoms. The highest BCUT2D eigenvalue weighted by atomic mass is 19.1. The van der Waals surface area contributed by atoms with Crippen molar-refractivity contribution in [2.24, 2.45) is 5.92 Å². The molecule has 0 radical (unpaired) electrons. The number of ether oxygens (including phenoxy) is 1. The van der Waals surface area contributed by atoms with Gasteiger partial charge in [-0.25, -0.2) is 9.37 Å². The summed E-state index contributed by atoms with van der Waals surface area (Å²) in [4.78, 5) is 32.0. The number of nitrogens with zero attached hydrogens (tertiary/aromatic N) is 2. The summed E-state index contributed by atoms with van der Waals surface area (Å²) in [6.45, 7) is 7.03. The molecule has 7 nitrogen and oxygen atoms in total. The zero-order valence-electron chi connectivity index (χ0n) is 23.5. The lowest BCUT2D eigenvalue weighted by Crippen LogP contribution is -2.41. The number of fused-ring (bicyclic) bond motifs is 1. The molecule has 5 rings (SSSR count). The molecule has 4 aromatic rings. The Morgan fingerprint density at radius 1 is 1.12 bits per heavy atom. The summed E-state index contributed by atoms with van der Waals surface area (Å²) in [6, 6.07) is 20.1. The van der Waals surface area contributed by atoms with Crippen molar-refractivity contribution in [3.8, 4) is 5.75 Å². The average Bonchev–Trinajstić information content (AvgIpc) is 3.43. The fourth-order valence-corrected chi connectivity index (χ4v) is 5.07. The van der Waals surface area contributed by atoms with Gasteiger partial charge in [-0.3, -0.25) is 9.59 Å². The minimum Gasteiger partial charge on any atom is -0.484 e. The number of oxazole rings is 1. The third kappa shape index (κ3) is 6.82. The minimum absolute atomic E-state index is 0.0289. The lowest BCUT2D eigenvalue weighted by molar-refractivity contribution is -0.134. The number of amides is 2. The van der Waals surface area contributed by atoms with E-state index in [9.17, 15) is 14.0 Å². The van der Waals surface area contributed by atoms with Gasteiger partial charge in [-0.1, -0.05) is 61.9 Å². The Labute approximate surface area is 239 Å². The number of carbonyl (C=O) groups excluding carboxylic acids is 2. The summed E-state index contributed by atoms with van der Waals surface area (Å²) >= 11 is 0. The minimum atomic E-state index is -0.426. The number of carbonyl (C=O) groups is 2. The Balaban J connectivity index is 1.30. The number of aryl methyl sites for hydroxylation is 1. The van der Waals surface area contributed by atoms with Crippen LogP contribution in [-0.2, 0) is 24.4 Å². The molecule has 1 atom stereocenters. The van der Waals surface area contributed by atoms with Crippen LogP contribution in [0, 0.1) is 18.7 Å². The van der Waals surface area contributed by atoms with Crippen molar-refractivity contribution < 1.29 is 23.1 Å². The van der Waals surface area contributed by atoms with Crippen molar-refractivity contribution in [3.05, 3.63) is 118 Å². The van der Waals surface area contributed by atoms with E-state index in [2.05, 4.69) is 54.5 Å². The summed E-state index contributed by atoms with van der Waals surface area (Å²) in [6.07, 6.45) is 2.55. The quantitative estimate of drug-likeness (QED) is 0.268. The van der Waals surface area contributed by atoms with Crippen LogP contribution in [0.4, 0.5) is 4.39 Å². The number of rotatable bonds is 9. The normalized spacial score (nSPS) is 14.6. The van der Waals surface area contributed by atoms with Crippen molar-refractivity contribution in [1.29, 1.82) is 0 Å². The second-order valence-electron chi connectivity index (χ2n) is 10.8. The van der Waals surface area contributed by atoms with Gasteiger partial charge in [0.25, 0.3) is 5.91 Å². The Kier molecular flexibility index (Phi) is 8.47. The van der Waals surface area contributed by atoms with E-state index in [1.165, 1.54) is 24.0 Å². The van der Waals surface area contributed by atoms with Gasteiger partial charge >= 0.3 is 0 Å². The van der Waals surface area contributed by atoms with E-state index in [0.717, 1.165) is 23.1 Å². The van der Waals surface area contributed by atoms with Gasteiger partial charge in [-0.15, -0.1) is 0 Å². The molecule has 1 aromatic heterocycles. The van der Waals surface area contributed by atoms with Crippen LogP contribution in [0.15, 0.2) is 77.4 Å². The standard InChI is InChI=1S/C33H34FN3O4/c1-21(2)15-31(38)37-14-13-24-11-12-27(17-28(24)32(37)25-9-7-22(3)8-10-25)40-20-30-36-29(19-41-30)33(39)35-18-23-5-4-6-26(34)16-23/h4-12,16-17,19,21,32H,13-15,18,20H2,1-3H3,(H,35,39)/t32-/m0/s1. The molecule has 41 heavy (non-hydrogen) atoms. The molecule has 1 aliphatic heterocycles. The first-order valence-electron chi connectivity index (χ1n) is 13.9. The second kappa shape index (κ2) is 12.4. The molecule has 3 aromatic carbocycles. The van der Waals surface area contributed by atoms with Crippen molar-refractivity contribution in [1.82, 2.24) is 15.2 Å². The van der Waals surface area contributed by atoms with Gasteiger partial charge in [-0.05, 0) is 65.8 Å². The van der Waals surface area contributed by atoms with Crippen LogP contribution >= 0.6 is 0 Å². The third-order valence-corrected chi connectivity index (χ3v) is 7.13. The highest BCUT2D eigenvalue weighted by molar-refractivity contribution is 5.91. The van der Waals surface area contributed by atoms with E-state index < -0.39 is 5.91 Å². The monoisotopic (exact) mass is 555 g/mol. The topological polar surface area (TPSA) is 84.7 Å². The molecule has 0 aliphatic carbocycles. The summed E-state index contributed by atoms with van der Waals surface area (Å²) in [5.41, 5.74) is 5.21. The van der Waals surface area contributed by atoms with Crippen molar-refractivity contribution in [2.45, 2.75) is 52.8 Å². The molecular weight excluding hydrogens is 521 g/mol. The van der Waals surface area contributed by atoms with E-state index in [1.807, 2.05) is 24.0 Å². The van der Waals surface area contributed by atoms with Crippen LogP contribution in [0.3, 0.4) is 0 Å². The van der Waals surface area contributed by atoms with E-state index in [1.54, 1.807) is 12.1 Å². The van der Waals surface area contributed by atoms with Gasteiger partial charge in [-0.2, -0.15) is 0 Å².